The fourth-order valence-electron chi connectivity index (χ4n) is 0.918. The van der Waals surface area contributed by atoms with E-state index in [9.17, 15) is 14.4 Å². The number of hydrogen-bond acceptors (Lipinski definition) is 3. The van der Waals surface area contributed by atoms with Gasteiger partial charge in [-0.3, -0.25) is 14.9 Å². The number of imide groups is 1. The number of nitrogens with zero attached hydrogens (tertiary/aromatic N) is 1. The molecular weight excluding hydrogens is 164 g/mol. The molecule has 0 aromatic heterocycles. The summed E-state index contributed by atoms with van der Waals surface area (Å²) in [5, 5.41) is 10.4. The second-order valence-electron chi connectivity index (χ2n) is 2.57. The number of hydrogen-bond donors (Lipinski definition) is 2. The highest BCUT2D eigenvalue weighted by Crippen LogP contribution is 2.05. The van der Waals surface area contributed by atoms with Gasteiger partial charge in [-0.05, 0) is 0 Å². The zero-order chi connectivity index (χ0) is 9.30. The van der Waals surface area contributed by atoms with E-state index in [1.165, 1.54) is 7.05 Å². The Morgan fingerprint density at radius 2 is 2.25 bits per heavy atom. The Morgan fingerprint density at radius 1 is 1.67 bits per heavy atom. The standard InChI is InChI=1S/C6H8N2O4/c1-8-2-3(5(10)11)4(9)7-6(8)12/h3H,2H2,1H3,(H,10,11)(H,7,9,12). The molecule has 2 N–H and O–H groups in total. The predicted molar refractivity (Wildman–Crippen MR) is 37.3 cm³/mol. The van der Waals surface area contributed by atoms with Crippen molar-refractivity contribution < 1.29 is 19.5 Å². The van der Waals surface area contributed by atoms with Gasteiger partial charge in [0.25, 0.3) is 0 Å². The van der Waals surface area contributed by atoms with Crippen LogP contribution in [0.1, 0.15) is 0 Å². The zero-order valence-corrected chi connectivity index (χ0v) is 6.40. The molecule has 0 aromatic rings. The summed E-state index contributed by atoms with van der Waals surface area (Å²) in [4.78, 5) is 33.2. The summed E-state index contributed by atoms with van der Waals surface area (Å²) < 4.78 is 0. The van der Waals surface area contributed by atoms with Crippen LogP contribution < -0.4 is 5.32 Å². The Balaban J connectivity index is 2.74. The third-order valence-corrected chi connectivity index (χ3v) is 1.65. The highest BCUT2D eigenvalue weighted by atomic mass is 16.4. The molecule has 1 heterocycles. The Morgan fingerprint density at radius 3 is 2.75 bits per heavy atom. The van der Waals surface area contributed by atoms with E-state index in [0.29, 0.717) is 0 Å². The van der Waals surface area contributed by atoms with Crippen molar-refractivity contribution in [1.29, 1.82) is 0 Å². The van der Waals surface area contributed by atoms with Gasteiger partial charge in [0, 0.05) is 13.6 Å². The average molecular weight is 172 g/mol. The van der Waals surface area contributed by atoms with Gasteiger partial charge in [-0.2, -0.15) is 0 Å². The highest BCUT2D eigenvalue weighted by Gasteiger charge is 2.34. The van der Waals surface area contributed by atoms with Gasteiger partial charge >= 0.3 is 12.0 Å². The number of carboxylic acids is 1. The molecule has 3 amide bonds. The SMILES string of the molecule is CN1CC(C(=O)O)C(=O)NC1=O. The fourth-order valence-corrected chi connectivity index (χ4v) is 0.918. The molecule has 1 aliphatic rings. The van der Waals surface area contributed by atoms with Crippen LogP contribution in [-0.2, 0) is 9.59 Å². The molecule has 1 rings (SSSR count). The smallest absolute Gasteiger partial charge is 0.323 e. The summed E-state index contributed by atoms with van der Waals surface area (Å²) >= 11 is 0. The van der Waals surface area contributed by atoms with E-state index in [1.807, 2.05) is 5.32 Å². The molecule has 6 heteroatoms. The van der Waals surface area contributed by atoms with Crippen molar-refractivity contribution in [2.45, 2.75) is 0 Å². The zero-order valence-electron chi connectivity index (χ0n) is 6.40. The van der Waals surface area contributed by atoms with Crippen LogP contribution in [0.25, 0.3) is 0 Å². The number of carbonyl (C=O) groups excluding carboxylic acids is 2. The van der Waals surface area contributed by atoms with Crippen LogP contribution in [0, 0.1) is 5.92 Å². The largest absolute Gasteiger partial charge is 0.481 e. The van der Waals surface area contributed by atoms with Gasteiger partial charge in [0.15, 0.2) is 5.92 Å². The Labute approximate surface area is 68.1 Å². The molecule has 0 aromatic carbocycles. The van der Waals surface area contributed by atoms with Crippen LogP contribution in [0.3, 0.4) is 0 Å². The van der Waals surface area contributed by atoms with Crippen molar-refractivity contribution in [1.82, 2.24) is 10.2 Å². The maximum atomic E-state index is 10.9. The third-order valence-electron chi connectivity index (χ3n) is 1.65. The average Bonchev–Trinajstić information content (AvgIpc) is 1.96. The molecule has 1 fully saturated rings. The number of nitrogens with one attached hydrogen (secondary N) is 1. The van der Waals surface area contributed by atoms with Crippen molar-refractivity contribution in [3.8, 4) is 0 Å². The highest BCUT2D eigenvalue weighted by molar-refractivity contribution is 6.06. The number of rotatable bonds is 1. The molecule has 1 unspecified atom stereocenters. The summed E-state index contributed by atoms with van der Waals surface area (Å²) in [5.41, 5.74) is 0. The van der Waals surface area contributed by atoms with Crippen molar-refractivity contribution in [3.05, 3.63) is 0 Å². The first-order valence-corrected chi connectivity index (χ1v) is 3.31. The van der Waals surface area contributed by atoms with Gasteiger partial charge in [0.05, 0.1) is 0 Å². The van der Waals surface area contributed by atoms with Gasteiger partial charge < -0.3 is 10.0 Å². The van der Waals surface area contributed by atoms with E-state index in [0.717, 1.165) is 4.90 Å². The van der Waals surface area contributed by atoms with Crippen molar-refractivity contribution in [2.24, 2.45) is 5.92 Å². The summed E-state index contributed by atoms with van der Waals surface area (Å²) in [6, 6.07) is -0.558. The molecule has 0 spiro atoms. The first-order valence-electron chi connectivity index (χ1n) is 3.31. The quantitative estimate of drug-likeness (QED) is 0.490. The molecule has 0 saturated carbocycles. The van der Waals surface area contributed by atoms with E-state index >= 15 is 0 Å². The molecule has 0 bridgehead atoms. The molecule has 0 radical (unpaired) electrons. The van der Waals surface area contributed by atoms with Crippen LogP contribution in [0.15, 0.2) is 0 Å². The summed E-state index contributed by atoms with van der Waals surface area (Å²) in [7, 11) is 1.43. The molecule has 0 aliphatic carbocycles. The summed E-state index contributed by atoms with van der Waals surface area (Å²) in [5.74, 6) is -3.11. The second kappa shape index (κ2) is 2.80. The van der Waals surface area contributed by atoms with E-state index in [-0.39, 0.29) is 6.54 Å². The number of amides is 3. The van der Waals surface area contributed by atoms with E-state index in [4.69, 9.17) is 5.11 Å². The molecule has 1 atom stereocenters. The lowest BCUT2D eigenvalue weighted by atomic mass is 10.1. The lowest BCUT2D eigenvalue weighted by Crippen LogP contribution is -2.54. The Bertz CT molecular complexity index is 250. The van der Waals surface area contributed by atoms with Crippen molar-refractivity contribution >= 4 is 17.9 Å². The summed E-state index contributed by atoms with van der Waals surface area (Å²) in [6.07, 6.45) is 0. The number of carbonyl (C=O) groups is 3. The molecule has 1 saturated heterocycles. The first kappa shape index (κ1) is 8.51. The van der Waals surface area contributed by atoms with Gasteiger partial charge in [-0.1, -0.05) is 0 Å². The van der Waals surface area contributed by atoms with Gasteiger partial charge in [-0.15, -0.1) is 0 Å². The minimum absolute atomic E-state index is 0.0694. The van der Waals surface area contributed by atoms with Gasteiger partial charge in [0.1, 0.15) is 0 Å². The second-order valence-corrected chi connectivity index (χ2v) is 2.57. The Kier molecular flexibility index (Phi) is 1.99. The van der Waals surface area contributed by atoms with Crippen LogP contribution in [0.5, 0.6) is 0 Å². The van der Waals surface area contributed by atoms with Crippen LogP contribution in [-0.4, -0.2) is 41.5 Å². The number of carboxylic acid groups (broad SMARTS) is 1. The van der Waals surface area contributed by atoms with Crippen LogP contribution >= 0.6 is 0 Å². The van der Waals surface area contributed by atoms with Crippen LogP contribution in [0.4, 0.5) is 4.79 Å². The fraction of sp³-hybridized carbons (Fsp3) is 0.500. The maximum Gasteiger partial charge on any atom is 0.323 e. The molecule has 12 heavy (non-hydrogen) atoms. The molecule has 6 nitrogen and oxygen atoms in total. The lowest BCUT2D eigenvalue weighted by molar-refractivity contribution is -0.147. The minimum Gasteiger partial charge on any atom is -0.481 e. The monoisotopic (exact) mass is 172 g/mol. The van der Waals surface area contributed by atoms with Crippen molar-refractivity contribution in [2.75, 3.05) is 13.6 Å². The van der Waals surface area contributed by atoms with Gasteiger partial charge in [0.2, 0.25) is 5.91 Å². The maximum absolute atomic E-state index is 10.9. The van der Waals surface area contributed by atoms with E-state index < -0.39 is 23.8 Å². The van der Waals surface area contributed by atoms with E-state index in [2.05, 4.69) is 0 Å². The third kappa shape index (κ3) is 1.36. The lowest BCUT2D eigenvalue weighted by Gasteiger charge is -2.26. The number of urea groups is 1. The minimum atomic E-state index is -1.22. The first-order chi connectivity index (χ1) is 5.52. The number of aliphatic carboxylic acids is 1. The normalized spacial score (nSPS) is 23.8. The predicted octanol–water partition coefficient (Wildman–Crippen LogP) is -1.13. The van der Waals surface area contributed by atoms with Crippen molar-refractivity contribution in [3.63, 3.8) is 0 Å². The van der Waals surface area contributed by atoms with Crippen LogP contribution in [0.2, 0.25) is 0 Å². The molecule has 1 aliphatic heterocycles. The topological polar surface area (TPSA) is 86.7 Å². The summed E-state index contributed by atoms with van der Waals surface area (Å²) in [6.45, 7) is -0.0694. The van der Waals surface area contributed by atoms with Gasteiger partial charge in [-0.25, -0.2) is 4.79 Å². The molecular formula is C6H8N2O4. The molecule has 66 valence electrons. The van der Waals surface area contributed by atoms with E-state index in [1.54, 1.807) is 0 Å². The Hall–Kier alpha value is -1.59.